The van der Waals surface area contributed by atoms with Gasteiger partial charge in [0, 0.05) is 36.7 Å². The summed E-state index contributed by atoms with van der Waals surface area (Å²) in [6.45, 7) is 6.92. The Morgan fingerprint density at radius 3 is 2.31 bits per heavy atom. The van der Waals surface area contributed by atoms with Crippen LogP contribution in [0.15, 0.2) is 48.5 Å². The summed E-state index contributed by atoms with van der Waals surface area (Å²) < 4.78 is 13.9. The molecule has 0 heterocycles. The van der Waals surface area contributed by atoms with Gasteiger partial charge in [0.15, 0.2) is 0 Å². The van der Waals surface area contributed by atoms with Crippen molar-refractivity contribution in [1.82, 2.24) is 10.2 Å². The lowest BCUT2D eigenvalue weighted by atomic mass is 9.87. The number of benzene rings is 2. The Hall–Kier alpha value is -2.69. The normalized spacial score (nSPS) is 13.8. The molecule has 29 heavy (non-hydrogen) atoms. The molecule has 1 aliphatic carbocycles. The number of nitrogens with zero attached hydrogens (tertiary/aromatic N) is 1. The number of halogens is 1. The van der Waals surface area contributed by atoms with E-state index in [0.717, 1.165) is 18.4 Å². The van der Waals surface area contributed by atoms with Gasteiger partial charge in [0.25, 0.3) is 5.91 Å². The SMILES string of the molecule is CC(C)(C)c1ccc(C(=O)NCCC(=O)N(Cc2ccccc2F)C2CC2)cc1. The summed E-state index contributed by atoms with van der Waals surface area (Å²) in [4.78, 5) is 26.8. The van der Waals surface area contributed by atoms with Gasteiger partial charge >= 0.3 is 0 Å². The lowest BCUT2D eigenvalue weighted by Crippen LogP contribution is -2.36. The zero-order chi connectivity index (χ0) is 21.0. The summed E-state index contributed by atoms with van der Waals surface area (Å²) in [5.41, 5.74) is 2.30. The number of amides is 2. The summed E-state index contributed by atoms with van der Waals surface area (Å²) in [5, 5.41) is 2.82. The first kappa shape index (κ1) is 21.0. The zero-order valence-electron chi connectivity index (χ0n) is 17.4. The standard InChI is InChI=1S/C24H29FN2O2/c1-24(2,3)19-10-8-17(9-11-19)23(29)26-15-14-22(28)27(20-12-13-20)16-18-6-4-5-7-21(18)25/h4-11,20H,12-16H2,1-3H3,(H,26,29). The maximum Gasteiger partial charge on any atom is 0.251 e. The molecule has 1 N–H and O–H groups in total. The summed E-state index contributed by atoms with van der Waals surface area (Å²) in [6, 6.07) is 14.3. The van der Waals surface area contributed by atoms with Crippen molar-refractivity contribution >= 4 is 11.8 Å². The van der Waals surface area contributed by atoms with Crippen molar-refractivity contribution in [3.63, 3.8) is 0 Å². The maximum atomic E-state index is 13.9. The Balaban J connectivity index is 1.52. The lowest BCUT2D eigenvalue weighted by molar-refractivity contribution is -0.132. The molecular formula is C24H29FN2O2. The minimum atomic E-state index is -0.294. The first-order valence-corrected chi connectivity index (χ1v) is 10.2. The van der Waals surface area contributed by atoms with E-state index in [-0.39, 0.29) is 48.6 Å². The molecule has 1 saturated carbocycles. The second-order valence-electron chi connectivity index (χ2n) is 8.68. The minimum Gasteiger partial charge on any atom is -0.352 e. The molecule has 0 unspecified atom stereocenters. The highest BCUT2D eigenvalue weighted by Gasteiger charge is 2.32. The molecule has 0 bridgehead atoms. The van der Waals surface area contributed by atoms with Gasteiger partial charge in [-0.2, -0.15) is 0 Å². The van der Waals surface area contributed by atoms with Crippen molar-refractivity contribution < 1.29 is 14.0 Å². The van der Waals surface area contributed by atoms with E-state index in [4.69, 9.17) is 0 Å². The number of hydrogen-bond acceptors (Lipinski definition) is 2. The topological polar surface area (TPSA) is 49.4 Å². The Morgan fingerprint density at radius 2 is 1.72 bits per heavy atom. The fourth-order valence-corrected chi connectivity index (χ4v) is 3.27. The van der Waals surface area contributed by atoms with E-state index in [1.807, 2.05) is 24.3 Å². The van der Waals surface area contributed by atoms with Gasteiger partial charge in [-0.3, -0.25) is 9.59 Å². The number of carbonyl (C=O) groups excluding carboxylic acids is 2. The molecule has 0 atom stereocenters. The molecule has 0 aromatic heterocycles. The number of rotatable bonds is 7. The van der Waals surface area contributed by atoms with E-state index < -0.39 is 0 Å². The Labute approximate surface area is 172 Å². The molecule has 1 fully saturated rings. The second kappa shape index (κ2) is 8.76. The molecule has 0 saturated heterocycles. The van der Waals surface area contributed by atoms with Crippen LogP contribution >= 0.6 is 0 Å². The highest BCUT2D eigenvalue weighted by atomic mass is 19.1. The largest absolute Gasteiger partial charge is 0.352 e. The molecule has 2 aromatic carbocycles. The summed E-state index contributed by atoms with van der Waals surface area (Å²) >= 11 is 0. The van der Waals surface area contributed by atoms with Crippen LogP contribution in [0.3, 0.4) is 0 Å². The van der Waals surface area contributed by atoms with Gasteiger partial charge in [-0.25, -0.2) is 4.39 Å². The van der Waals surface area contributed by atoms with Gasteiger partial charge < -0.3 is 10.2 Å². The highest BCUT2D eigenvalue weighted by Crippen LogP contribution is 2.29. The molecule has 2 amide bonds. The van der Waals surface area contributed by atoms with Crippen LogP contribution in [0.5, 0.6) is 0 Å². The van der Waals surface area contributed by atoms with E-state index in [9.17, 15) is 14.0 Å². The van der Waals surface area contributed by atoms with Gasteiger partial charge in [-0.1, -0.05) is 51.1 Å². The van der Waals surface area contributed by atoms with Gasteiger partial charge in [0.2, 0.25) is 5.91 Å². The summed E-state index contributed by atoms with van der Waals surface area (Å²) in [5.74, 6) is -0.539. The van der Waals surface area contributed by atoms with Crippen molar-refractivity contribution in [2.24, 2.45) is 0 Å². The van der Waals surface area contributed by atoms with Crippen LogP contribution in [0.4, 0.5) is 4.39 Å². The van der Waals surface area contributed by atoms with Gasteiger partial charge in [-0.05, 0) is 42.0 Å². The van der Waals surface area contributed by atoms with Crippen LogP contribution in [-0.2, 0) is 16.8 Å². The van der Waals surface area contributed by atoms with Crippen molar-refractivity contribution in [3.8, 4) is 0 Å². The van der Waals surface area contributed by atoms with E-state index in [1.54, 1.807) is 23.1 Å². The molecule has 1 aliphatic rings. The van der Waals surface area contributed by atoms with Crippen molar-refractivity contribution in [1.29, 1.82) is 0 Å². The monoisotopic (exact) mass is 396 g/mol. The van der Waals surface area contributed by atoms with Crippen molar-refractivity contribution in [3.05, 3.63) is 71.0 Å². The predicted octanol–water partition coefficient (Wildman–Crippen LogP) is 4.43. The molecular weight excluding hydrogens is 367 g/mol. The first-order chi connectivity index (χ1) is 13.8. The number of carbonyl (C=O) groups is 2. The first-order valence-electron chi connectivity index (χ1n) is 10.2. The van der Waals surface area contributed by atoms with Crippen LogP contribution in [0, 0.1) is 5.82 Å². The predicted molar refractivity (Wildman–Crippen MR) is 112 cm³/mol. The van der Waals surface area contributed by atoms with Crippen LogP contribution in [0.1, 0.15) is 61.5 Å². The molecule has 2 aromatic rings. The Kier molecular flexibility index (Phi) is 6.36. The van der Waals surface area contributed by atoms with Gasteiger partial charge in [-0.15, -0.1) is 0 Å². The van der Waals surface area contributed by atoms with Crippen LogP contribution in [-0.4, -0.2) is 29.3 Å². The quantitative estimate of drug-likeness (QED) is 0.752. The van der Waals surface area contributed by atoms with Gasteiger partial charge in [0.1, 0.15) is 5.82 Å². The smallest absolute Gasteiger partial charge is 0.251 e. The third-order valence-electron chi connectivity index (χ3n) is 5.24. The third kappa shape index (κ3) is 5.66. The minimum absolute atomic E-state index is 0.0337. The lowest BCUT2D eigenvalue weighted by Gasteiger charge is -2.23. The molecule has 0 aliphatic heterocycles. The van der Waals surface area contributed by atoms with E-state index >= 15 is 0 Å². The van der Waals surface area contributed by atoms with E-state index in [2.05, 4.69) is 26.1 Å². The average molecular weight is 397 g/mol. The van der Waals surface area contributed by atoms with Crippen LogP contribution < -0.4 is 5.32 Å². The molecule has 0 radical (unpaired) electrons. The fourth-order valence-electron chi connectivity index (χ4n) is 3.27. The van der Waals surface area contributed by atoms with E-state index in [1.165, 1.54) is 6.07 Å². The number of hydrogen-bond donors (Lipinski definition) is 1. The zero-order valence-corrected chi connectivity index (χ0v) is 17.4. The van der Waals surface area contributed by atoms with Crippen molar-refractivity contribution in [2.75, 3.05) is 6.54 Å². The van der Waals surface area contributed by atoms with Gasteiger partial charge in [0.05, 0.1) is 0 Å². The van der Waals surface area contributed by atoms with Crippen molar-refractivity contribution in [2.45, 2.75) is 58.0 Å². The summed E-state index contributed by atoms with van der Waals surface area (Å²) in [6.07, 6.45) is 2.11. The maximum absolute atomic E-state index is 13.9. The third-order valence-corrected chi connectivity index (χ3v) is 5.24. The Bertz CT molecular complexity index is 867. The molecule has 5 heteroatoms. The van der Waals surface area contributed by atoms with Crippen LogP contribution in [0.25, 0.3) is 0 Å². The van der Waals surface area contributed by atoms with Crippen LogP contribution in [0.2, 0.25) is 0 Å². The van der Waals surface area contributed by atoms with E-state index in [0.29, 0.717) is 11.1 Å². The molecule has 3 rings (SSSR count). The Morgan fingerprint density at radius 1 is 1.07 bits per heavy atom. The fraction of sp³-hybridized carbons (Fsp3) is 0.417. The average Bonchev–Trinajstić information content (AvgIpc) is 3.51. The second-order valence-corrected chi connectivity index (χ2v) is 8.68. The summed E-state index contributed by atoms with van der Waals surface area (Å²) in [7, 11) is 0. The number of nitrogens with one attached hydrogen (secondary N) is 1. The highest BCUT2D eigenvalue weighted by molar-refractivity contribution is 5.94. The molecule has 0 spiro atoms. The molecule has 154 valence electrons. The molecule has 4 nitrogen and oxygen atoms in total.